The minimum absolute atomic E-state index is 0.0391. The van der Waals surface area contributed by atoms with E-state index in [0.29, 0.717) is 48.7 Å². The largest absolute Gasteiger partial charge is 0.495 e. The second-order valence-electron chi connectivity index (χ2n) is 8.08. The van der Waals surface area contributed by atoms with Gasteiger partial charge in [0.15, 0.2) is 0 Å². The number of carbonyl (C=O) groups excluding carboxylic acids is 2. The minimum Gasteiger partial charge on any atom is -0.495 e. The maximum Gasteiger partial charge on any atom is 0.238 e. The third-order valence-corrected chi connectivity index (χ3v) is 6.24. The zero-order chi connectivity index (χ0) is 24.9. The van der Waals surface area contributed by atoms with Crippen LogP contribution in [0.3, 0.4) is 0 Å². The number of hydrogen-bond donors (Lipinski definition) is 1. The first kappa shape index (κ1) is 24.7. The molecular formula is C23H25Cl2N7O3. The van der Waals surface area contributed by atoms with Crippen molar-refractivity contribution in [2.24, 2.45) is 0 Å². The molecule has 4 rings (SSSR count). The van der Waals surface area contributed by atoms with E-state index in [4.69, 9.17) is 27.9 Å². The van der Waals surface area contributed by atoms with Gasteiger partial charge in [0.05, 0.1) is 18.2 Å². The van der Waals surface area contributed by atoms with Crippen LogP contribution in [-0.4, -0.2) is 69.0 Å². The number of imidazole rings is 1. The quantitative estimate of drug-likeness (QED) is 0.480. The maximum atomic E-state index is 12.9. The number of rotatable bonds is 7. The summed E-state index contributed by atoms with van der Waals surface area (Å²) < 4.78 is 6.82. The van der Waals surface area contributed by atoms with Crippen molar-refractivity contribution in [2.75, 3.05) is 31.6 Å². The molecule has 10 nitrogen and oxygen atoms in total. The Morgan fingerprint density at radius 3 is 2.71 bits per heavy atom. The number of nitrogens with zero attached hydrogens (tertiary/aromatic N) is 6. The highest BCUT2D eigenvalue weighted by Gasteiger charge is 2.31. The second kappa shape index (κ2) is 10.9. The molecule has 0 spiro atoms. The molecule has 0 aliphatic carbocycles. The molecule has 184 valence electrons. The lowest BCUT2D eigenvalue weighted by molar-refractivity contribution is -0.130. The van der Waals surface area contributed by atoms with Crippen molar-refractivity contribution in [1.82, 2.24) is 29.7 Å². The van der Waals surface area contributed by atoms with Gasteiger partial charge in [0.1, 0.15) is 23.0 Å². The minimum atomic E-state index is -0.297. The first-order valence-corrected chi connectivity index (χ1v) is 11.7. The van der Waals surface area contributed by atoms with Crippen LogP contribution in [0.5, 0.6) is 5.75 Å². The van der Waals surface area contributed by atoms with Crippen LogP contribution in [0.1, 0.15) is 18.9 Å². The first-order valence-electron chi connectivity index (χ1n) is 11.0. The van der Waals surface area contributed by atoms with Gasteiger partial charge in [-0.25, -0.2) is 9.97 Å². The van der Waals surface area contributed by atoms with Gasteiger partial charge in [0.25, 0.3) is 0 Å². The number of ether oxygens (including phenoxy) is 1. The number of anilines is 1. The molecule has 1 aromatic carbocycles. The van der Waals surface area contributed by atoms with E-state index in [1.54, 1.807) is 53.5 Å². The fraction of sp³-hybridized carbons (Fsp3) is 0.348. The van der Waals surface area contributed by atoms with Crippen LogP contribution in [-0.2, 0) is 16.1 Å². The number of amides is 2. The standard InChI is InChI=1S/C23H25Cl2N7O3/c1-15(33)30-7-8-32(21-11-20(25)28-23(29-21)31-6-5-26-14-31)17(13-30)10-22(34)27-12-16-3-4-19(35-2)18(24)9-16/h3-6,9,11,14,17H,7-8,10,12-13H2,1-2H3,(H,27,34). The van der Waals surface area contributed by atoms with Crippen LogP contribution >= 0.6 is 23.2 Å². The molecule has 3 aromatic rings. The Morgan fingerprint density at radius 1 is 1.20 bits per heavy atom. The molecule has 1 unspecified atom stereocenters. The SMILES string of the molecule is COc1ccc(CNC(=O)CC2CN(C(C)=O)CCN2c2cc(Cl)nc(-n3ccnc3)n2)cc1Cl. The monoisotopic (exact) mass is 517 g/mol. The zero-order valence-corrected chi connectivity index (χ0v) is 20.8. The Hall–Kier alpha value is -3.37. The van der Waals surface area contributed by atoms with Gasteiger partial charge in [0, 0.05) is 58.0 Å². The van der Waals surface area contributed by atoms with Gasteiger partial charge < -0.3 is 19.9 Å². The van der Waals surface area contributed by atoms with Gasteiger partial charge in [-0.2, -0.15) is 4.98 Å². The smallest absolute Gasteiger partial charge is 0.238 e. The van der Waals surface area contributed by atoms with E-state index in [-0.39, 0.29) is 29.4 Å². The van der Waals surface area contributed by atoms with Gasteiger partial charge >= 0.3 is 0 Å². The van der Waals surface area contributed by atoms with Crippen molar-refractivity contribution < 1.29 is 14.3 Å². The first-order chi connectivity index (χ1) is 16.8. The summed E-state index contributed by atoms with van der Waals surface area (Å²) in [7, 11) is 1.55. The molecule has 1 atom stereocenters. The summed E-state index contributed by atoms with van der Waals surface area (Å²) in [5.41, 5.74) is 0.850. The number of carbonyl (C=O) groups is 2. The highest BCUT2D eigenvalue weighted by atomic mass is 35.5. The molecule has 35 heavy (non-hydrogen) atoms. The molecule has 0 saturated carbocycles. The summed E-state index contributed by atoms with van der Waals surface area (Å²) in [4.78, 5) is 41.6. The number of hydrogen-bond acceptors (Lipinski definition) is 7. The fourth-order valence-corrected chi connectivity index (χ4v) is 4.41. The van der Waals surface area contributed by atoms with Crippen molar-refractivity contribution in [1.29, 1.82) is 0 Å². The third kappa shape index (κ3) is 6.01. The molecule has 0 bridgehead atoms. The van der Waals surface area contributed by atoms with Crippen molar-refractivity contribution in [3.8, 4) is 11.7 Å². The Bertz CT molecular complexity index is 1210. The summed E-state index contributed by atoms with van der Waals surface area (Å²) in [6.45, 7) is 3.25. The topological polar surface area (TPSA) is 105 Å². The van der Waals surface area contributed by atoms with E-state index >= 15 is 0 Å². The van der Waals surface area contributed by atoms with Crippen LogP contribution in [0.2, 0.25) is 10.2 Å². The molecule has 0 radical (unpaired) electrons. The normalized spacial score (nSPS) is 15.7. The summed E-state index contributed by atoms with van der Waals surface area (Å²) in [6, 6.07) is 6.72. The number of methoxy groups -OCH3 is 1. The maximum absolute atomic E-state index is 12.9. The molecule has 1 aliphatic rings. The Kier molecular flexibility index (Phi) is 7.72. The van der Waals surface area contributed by atoms with Gasteiger partial charge in [-0.1, -0.05) is 29.3 Å². The Labute approximate surface area is 212 Å². The summed E-state index contributed by atoms with van der Waals surface area (Å²) in [6.07, 6.45) is 5.09. The number of nitrogens with one attached hydrogen (secondary N) is 1. The predicted molar refractivity (Wildman–Crippen MR) is 132 cm³/mol. The molecule has 1 aliphatic heterocycles. The summed E-state index contributed by atoms with van der Waals surface area (Å²) in [5, 5.41) is 3.68. The Balaban J connectivity index is 1.50. The average molecular weight is 518 g/mol. The molecule has 2 amide bonds. The Morgan fingerprint density at radius 2 is 2.03 bits per heavy atom. The number of aromatic nitrogens is 4. The summed E-state index contributed by atoms with van der Waals surface area (Å²) >= 11 is 12.5. The summed E-state index contributed by atoms with van der Waals surface area (Å²) in [5.74, 6) is 1.33. The lowest BCUT2D eigenvalue weighted by atomic mass is 10.1. The van der Waals surface area contributed by atoms with Gasteiger partial charge in [-0.05, 0) is 17.7 Å². The number of benzene rings is 1. The number of piperazine rings is 1. The average Bonchev–Trinajstić information content (AvgIpc) is 3.37. The molecule has 2 aromatic heterocycles. The van der Waals surface area contributed by atoms with Gasteiger partial charge in [-0.3, -0.25) is 14.2 Å². The van der Waals surface area contributed by atoms with E-state index in [1.165, 1.54) is 6.92 Å². The van der Waals surface area contributed by atoms with E-state index in [9.17, 15) is 9.59 Å². The molecule has 1 fully saturated rings. The third-order valence-electron chi connectivity index (χ3n) is 5.75. The lowest BCUT2D eigenvalue weighted by Crippen LogP contribution is -2.56. The second-order valence-corrected chi connectivity index (χ2v) is 8.88. The van der Waals surface area contributed by atoms with E-state index < -0.39 is 0 Å². The van der Waals surface area contributed by atoms with Crippen molar-refractivity contribution in [3.05, 3.63) is 58.7 Å². The lowest BCUT2D eigenvalue weighted by Gasteiger charge is -2.41. The van der Waals surface area contributed by atoms with Crippen LogP contribution in [0.4, 0.5) is 5.82 Å². The van der Waals surface area contributed by atoms with Crippen molar-refractivity contribution >= 4 is 40.8 Å². The number of halogens is 2. The highest BCUT2D eigenvalue weighted by molar-refractivity contribution is 6.32. The van der Waals surface area contributed by atoms with E-state index in [0.717, 1.165) is 5.56 Å². The highest BCUT2D eigenvalue weighted by Crippen LogP contribution is 2.26. The van der Waals surface area contributed by atoms with E-state index in [1.807, 2.05) is 11.0 Å². The van der Waals surface area contributed by atoms with Gasteiger partial charge in [-0.15, -0.1) is 0 Å². The fourth-order valence-electron chi connectivity index (χ4n) is 3.96. The zero-order valence-electron chi connectivity index (χ0n) is 19.3. The molecule has 3 heterocycles. The molecule has 1 saturated heterocycles. The van der Waals surface area contributed by atoms with Crippen molar-refractivity contribution in [3.63, 3.8) is 0 Å². The van der Waals surface area contributed by atoms with Gasteiger partial charge in [0.2, 0.25) is 17.8 Å². The van der Waals surface area contributed by atoms with Crippen LogP contribution in [0, 0.1) is 0 Å². The predicted octanol–water partition coefficient (Wildman–Crippen LogP) is 2.72. The van der Waals surface area contributed by atoms with Crippen LogP contribution < -0.4 is 15.0 Å². The van der Waals surface area contributed by atoms with Crippen LogP contribution in [0.25, 0.3) is 5.95 Å². The molecule has 12 heteroatoms. The van der Waals surface area contributed by atoms with E-state index in [2.05, 4.69) is 20.3 Å². The molecular weight excluding hydrogens is 493 g/mol. The molecule has 1 N–H and O–H groups in total. The van der Waals surface area contributed by atoms with Crippen molar-refractivity contribution in [2.45, 2.75) is 25.9 Å². The van der Waals surface area contributed by atoms with Crippen LogP contribution in [0.15, 0.2) is 43.0 Å².